The summed E-state index contributed by atoms with van der Waals surface area (Å²) in [4.78, 5) is 31.7. The molecule has 7 nitrogen and oxygen atoms in total. The van der Waals surface area contributed by atoms with E-state index >= 15 is 0 Å². The molecule has 68 heavy (non-hydrogen) atoms. The molecule has 0 saturated heterocycles. The zero-order chi connectivity index (χ0) is 45.0. The number of nitrogens with zero attached hydrogens (tertiary/aromatic N) is 6. The molecule has 0 atom stereocenters. The van der Waals surface area contributed by atoms with Crippen LogP contribution in [0.1, 0.15) is 22.3 Å². The maximum absolute atomic E-state index is 6.81. The van der Waals surface area contributed by atoms with Gasteiger partial charge in [0.05, 0.1) is 5.41 Å². The minimum absolute atomic E-state index is 0.565. The second-order valence-corrected chi connectivity index (χ2v) is 17.0. The number of ether oxygens (including phenoxy) is 1. The molecule has 0 amide bonds. The standard InChI is InChI=1S/C61H38N6O/c1-5-20-39(21-6-1)43-28-17-29-44(38-43)58-63-57(42-26-11-4-12-27-42)64-59(67-58)46-31-19-35-50-53(46)45-30-18-32-47(54(45)61(50)48-33-13-15-36-51(48)68-52-37-16-14-34-49(52)61)60-65-55(40-22-7-2-8-23-40)62-56(66-60)41-24-9-3-10-25-41/h1-38H. The van der Waals surface area contributed by atoms with Crippen molar-refractivity contribution in [1.29, 1.82) is 0 Å². The molecular weight excluding hydrogens is 833 g/mol. The fourth-order valence-electron chi connectivity index (χ4n) is 10.1. The molecule has 11 aromatic rings. The molecule has 1 aliphatic heterocycles. The van der Waals surface area contributed by atoms with Crippen molar-refractivity contribution in [2.24, 2.45) is 0 Å². The van der Waals surface area contributed by atoms with E-state index < -0.39 is 5.41 Å². The Morgan fingerprint density at radius 1 is 0.265 bits per heavy atom. The first-order chi connectivity index (χ1) is 33.7. The van der Waals surface area contributed by atoms with Crippen molar-refractivity contribution in [2.45, 2.75) is 5.41 Å². The van der Waals surface area contributed by atoms with Gasteiger partial charge in [0.2, 0.25) is 0 Å². The van der Waals surface area contributed by atoms with E-state index in [1.807, 2.05) is 109 Å². The van der Waals surface area contributed by atoms with E-state index in [1.54, 1.807) is 0 Å². The van der Waals surface area contributed by atoms with E-state index in [0.29, 0.717) is 34.9 Å². The topological polar surface area (TPSA) is 86.6 Å². The normalized spacial score (nSPS) is 12.6. The van der Waals surface area contributed by atoms with Gasteiger partial charge in [-0.3, -0.25) is 0 Å². The van der Waals surface area contributed by atoms with Gasteiger partial charge in [-0.15, -0.1) is 0 Å². The Morgan fingerprint density at radius 3 is 1.19 bits per heavy atom. The summed E-state index contributed by atoms with van der Waals surface area (Å²) in [6.45, 7) is 0. The van der Waals surface area contributed by atoms with Crippen LogP contribution in [0.2, 0.25) is 0 Å². The summed E-state index contributed by atoms with van der Waals surface area (Å²) in [5.74, 6) is 5.04. The molecule has 13 rings (SSSR count). The lowest BCUT2D eigenvalue weighted by Gasteiger charge is -2.40. The van der Waals surface area contributed by atoms with Gasteiger partial charge in [-0.1, -0.05) is 212 Å². The number of hydrogen-bond acceptors (Lipinski definition) is 7. The Labute approximate surface area is 393 Å². The number of hydrogen-bond donors (Lipinski definition) is 0. The molecule has 1 aliphatic carbocycles. The number of benzene rings is 9. The van der Waals surface area contributed by atoms with E-state index in [-0.39, 0.29) is 0 Å². The average molecular weight is 871 g/mol. The Bertz CT molecular complexity index is 3610. The van der Waals surface area contributed by atoms with Crippen LogP contribution in [0.3, 0.4) is 0 Å². The number of rotatable bonds is 7. The van der Waals surface area contributed by atoms with Crippen LogP contribution in [0.25, 0.3) is 90.6 Å². The molecule has 2 aromatic heterocycles. The van der Waals surface area contributed by atoms with Crippen LogP contribution in [0.15, 0.2) is 231 Å². The van der Waals surface area contributed by atoms with Crippen LogP contribution in [0.5, 0.6) is 11.5 Å². The lowest BCUT2D eigenvalue weighted by molar-refractivity contribution is 0.436. The minimum atomic E-state index is -0.878. The zero-order valence-corrected chi connectivity index (χ0v) is 36.5. The zero-order valence-electron chi connectivity index (χ0n) is 36.5. The molecule has 318 valence electrons. The summed E-state index contributed by atoms with van der Waals surface area (Å²) >= 11 is 0. The van der Waals surface area contributed by atoms with Crippen molar-refractivity contribution in [2.75, 3.05) is 0 Å². The monoisotopic (exact) mass is 870 g/mol. The van der Waals surface area contributed by atoms with Gasteiger partial charge in [0.15, 0.2) is 34.9 Å². The molecule has 0 saturated carbocycles. The van der Waals surface area contributed by atoms with Crippen LogP contribution in [-0.4, -0.2) is 29.9 Å². The van der Waals surface area contributed by atoms with E-state index in [2.05, 4.69) is 121 Å². The van der Waals surface area contributed by atoms with Gasteiger partial charge in [-0.2, -0.15) is 0 Å². The predicted octanol–water partition coefficient (Wildman–Crippen LogP) is 14.2. The summed E-state index contributed by atoms with van der Waals surface area (Å²) in [5, 5.41) is 0. The van der Waals surface area contributed by atoms with E-state index in [4.69, 9.17) is 34.6 Å². The van der Waals surface area contributed by atoms with Gasteiger partial charge in [-0.25, -0.2) is 29.9 Å². The second-order valence-electron chi connectivity index (χ2n) is 17.0. The summed E-state index contributed by atoms with van der Waals surface area (Å²) < 4.78 is 6.81. The molecule has 0 bridgehead atoms. The highest BCUT2D eigenvalue weighted by Gasteiger charge is 2.53. The first-order valence-corrected chi connectivity index (χ1v) is 22.7. The maximum Gasteiger partial charge on any atom is 0.164 e. The largest absolute Gasteiger partial charge is 0.457 e. The first-order valence-electron chi connectivity index (χ1n) is 22.7. The lowest BCUT2D eigenvalue weighted by atomic mass is 9.65. The number of para-hydroxylation sites is 2. The van der Waals surface area contributed by atoms with Crippen molar-refractivity contribution >= 4 is 0 Å². The quantitative estimate of drug-likeness (QED) is 0.158. The summed E-state index contributed by atoms with van der Waals surface area (Å²) in [5.41, 5.74) is 12.9. The highest BCUT2D eigenvalue weighted by molar-refractivity contribution is 5.99. The Balaban J connectivity index is 1.11. The summed E-state index contributed by atoms with van der Waals surface area (Å²) in [6.07, 6.45) is 0. The van der Waals surface area contributed by atoms with Gasteiger partial charge >= 0.3 is 0 Å². The number of fused-ring (bicyclic) bond motifs is 9. The highest BCUT2D eigenvalue weighted by Crippen LogP contribution is 2.65. The molecule has 7 heteroatoms. The van der Waals surface area contributed by atoms with E-state index in [9.17, 15) is 0 Å². The van der Waals surface area contributed by atoms with Crippen LogP contribution in [0, 0.1) is 0 Å². The van der Waals surface area contributed by atoms with E-state index in [0.717, 1.165) is 89.4 Å². The molecule has 3 heterocycles. The third kappa shape index (κ3) is 6.36. The summed E-state index contributed by atoms with van der Waals surface area (Å²) in [7, 11) is 0. The predicted molar refractivity (Wildman–Crippen MR) is 269 cm³/mol. The van der Waals surface area contributed by atoms with Gasteiger partial charge in [-0.05, 0) is 51.6 Å². The third-order valence-corrected chi connectivity index (χ3v) is 13.1. The number of aromatic nitrogens is 6. The second kappa shape index (κ2) is 16.0. The molecule has 0 N–H and O–H groups in total. The van der Waals surface area contributed by atoms with Crippen molar-refractivity contribution in [3.8, 4) is 102 Å². The Hall–Kier alpha value is -9.20. The summed E-state index contributed by atoms with van der Waals surface area (Å²) in [6, 6.07) is 79.0. The lowest BCUT2D eigenvalue weighted by Crippen LogP contribution is -2.32. The first kappa shape index (κ1) is 39.2. The Kier molecular flexibility index (Phi) is 9.25. The van der Waals surface area contributed by atoms with Crippen molar-refractivity contribution in [1.82, 2.24) is 29.9 Å². The average Bonchev–Trinajstić information content (AvgIpc) is 3.72. The highest BCUT2D eigenvalue weighted by atomic mass is 16.5. The molecular formula is C61H38N6O. The molecule has 2 aliphatic rings. The van der Waals surface area contributed by atoms with Gasteiger partial charge in [0.1, 0.15) is 11.5 Å². The Morgan fingerprint density at radius 2 is 0.632 bits per heavy atom. The molecule has 1 spiro atoms. The van der Waals surface area contributed by atoms with Gasteiger partial charge in [0, 0.05) is 44.5 Å². The van der Waals surface area contributed by atoms with Crippen molar-refractivity contribution < 1.29 is 4.74 Å². The van der Waals surface area contributed by atoms with Crippen molar-refractivity contribution in [3.05, 3.63) is 253 Å². The fourth-order valence-corrected chi connectivity index (χ4v) is 10.1. The van der Waals surface area contributed by atoms with Gasteiger partial charge < -0.3 is 4.74 Å². The third-order valence-electron chi connectivity index (χ3n) is 13.1. The van der Waals surface area contributed by atoms with E-state index in [1.165, 1.54) is 0 Å². The van der Waals surface area contributed by atoms with Gasteiger partial charge in [0.25, 0.3) is 0 Å². The SMILES string of the molecule is c1ccc(-c2cccc(-c3nc(-c4ccccc4)nc(-c4cccc5c4-c4cccc(-c6nc(-c7ccccc7)nc(-c7ccccc7)n6)c4C54c5ccccc5Oc5ccccc54)n3)c2)cc1. The molecule has 0 fully saturated rings. The minimum Gasteiger partial charge on any atom is -0.457 e. The van der Waals surface area contributed by atoms with Crippen LogP contribution < -0.4 is 4.74 Å². The molecule has 9 aromatic carbocycles. The molecule has 0 radical (unpaired) electrons. The van der Waals surface area contributed by atoms with Crippen LogP contribution in [-0.2, 0) is 5.41 Å². The molecule has 0 unspecified atom stereocenters. The van der Waals surface area contributed by atoms with Crippen LogP contribution in [0.4, 0.5) is 0 Å². The smallest absolute Gasteiger partial charge is 0.164 e. The van der Waals surface area contributed by atoms with Crippen molar-refractivity contribution in [3.63, 3.8) is 0 Å². The van der Waals surface area contributed by atoms with Crippen LogP contribution >= 0.6 is 0 Å². The fraction of sp³-hybridized carbons (Fsp3) is 0.0164. The maximum atomic E-state index is 6.81.